The molecule has 1 saturated heterocycles. The molecule has 2 atom stereocenters. The van der Waals surface area contributed by atoms with Crippen LogP contribution in [-0.4, -0.2) is 45.2 Å². The molecule has 0 spiro atoms. The highest BCUT2D eigenvalue weighted by Crippen LogP contribution is 2.37. The number of nitrogens with zero attached hydrogens (tertiary/aromatic N) is 1. The van der Waals surface area contributed by atoms with Crippen molar-refractivity contribution in [1.82, 2.24) is 4.90 Å². The summed E-state index contributed by atoms with van der Waals surface area (Å²) in [6.45, 7) is 1.77. The third-order valence-electron chi connectivity index (χ3n) is 5.74. The SMILES string of the molecule is COc1cc(OC)c(OC)cc1/C=C/C(=O)N1CC[C@H]2CCCC[C@@H]2C1. The summed E-state index contributed by atoms with van der Waals surface area (Å²) in [7, 11) is 4.79. The van der Waals surface area contributed by atoms with Gasteiger partial charge in [0, 0.05) is 30.8 Å². The van der Waals surface area contributed by atoms with Crippen LogP contribution in [0.4, 0.5) is 0 Å². The minimum Gasteiger partial charge on any atom is -0.496 e. The Bertz CT molecular complexity index is 670. The normalized spacial score (nSPS) is 22.8. The number of ether oxygens (including phenoxy) is 3. The lowest BCUT2D eigenvalue weighted by Crippen LogP contribution is -2.44. The molecule has 1 aliphatic carbocycles. The molecule has 1 aliphatic heterocycles. The Morgan fingerprint density at radius 1 is 0.962 bits per heavy atom. The molecule has 5 nitrogen and oxygen atoms in total. The van der Waals surface area contributed by atoms with E-state index in [1.807, 2.05) is 11.0 Å². The molecule has 3 rings (SSSR count). The van der Waals surface area contributed by atoms with Gasteiger partial charge in [0.2, 0.25) is 5.91 Å². The number of carbonyl (C=O) groups is 1. The quantitative estimate of drug-likeness (QED) is 0.751. The lowest BCUT2D eigenvalue weighted by atomic mass is 9.75. The molecule has 142 valence electrons. The first-order valence-corrected chi connectivity index (χ1v) is 9.43. The fourth-order valence-corrected chi connectivity index (χ4v) is 4.25. The molecule has 0 aromatic heterocycles. The van der Waals surface area contributed by atoms with Gasteiger partial charge in [-0.05, 0) is 36.8 Å². The molecule has 1 heterocycles. The maximum atomic E-state index is 12.7. The Labute approximate surface area is 155 Å². The number of amides is 1. The largest absolute Gasteiger partial charge is 0.496 e. The Morgan fingerprint density at radius 2 is 1.62 bits per heavy atom. The number of methoxy groups -OCH3 is 3. The number of carbonyl (C=O) groups excluding carboxylic acids is 1. The van der Waals surface area contributed by atoms with Crippen LogP contribution in [0.3, 0.4) is 0 Å². The Kier molecular flexibility index (Phi) is 6.07. The van der Waals surface area contributed by atoms with E-state index in [1.165, 1.54) is 25.7 Å². The highest BCUT2D eigenvalue weighted by Gasteiger charge is 2.32. The molecule has 26 heavy (non-hydrogen) atoms. The zero-order valence-corrected chi connectivity index (χ0v) is 16.0. The fraction of sp³-hybridized carbons (Fsp3) is 0.571. The van der Waals surface area contributed by atoms with Crippen LogP contribution in [-0.2, 0) is 4.79 Å². The minimum atomic E-state index is 0.0749. The monoisotopic (exact) mass is 359 g/mol. The molecular formula is C21H29NO4. The number of hydrogen-bond acceptors (Lipinski definition) is 4. The predicted octanol–water partition coefficient (Wildman–Crippen LogP) is 3.76. The maximum absolute atomic E-state index is 12.7. The van der Waals surface area contributed by atoms with Crippen molar-refractivity contribution in [3.8, 4) is 17.2 Å². The van der Waals surface area contributed by atoms with E-state index in [9.17, 15) is 4.79 Å². The molecule has 2 fully saturated rings. The first-order valence-electron chi connectivity index (χ1n) is 9.43. The van der Waals surface area contributed by atoms with E-state index in [0.29, 0.717) is 23.2 Å². The molecular weight excluding hydrogens is 330 g/mol. The van der Waals surface area contributed by atoms with Gasteiger partial charge in [-0.15, -0.1) is 0 Å². The van der Waals surface area contributed by atoms with Crippen LogP contribution in [0.2, 0.25) is 0 Å². The van der Waals surface area contributed by atoms with Crippen LogP contribution in [0.1, 0.15) is 37.7 Å². The summed E-state index contributed by atoms with van der Waals surface area (Å²) >= 11 is 0. The second-order valence-electron chi connectivity index (χ2n) is 7.16. The van der Waals surface area contributed by atoms with Gasteiger partial charge in [0.15, 0.2) is 11.5 Å². The van der Waals surface area contributed by atoms with Gasteiger partial charge in [0.25, 0.3) is 0 Å². The van der Waals surface area contributed by atoms with Gasteiger partial charge < -0.3 is 19.1 Å². The van der Waals surface area contributed by atoms with Crippen molar-refractivity contribution in [1.29, 1.82) is 0 Å². The highest BCUT2D eigenvalue weighted by molar-refractivity contribution is 5.92. The van der Waals surface area contributed by atoms with Crippen LogP contribution in [0.5, 0.6) is 17.2 Å². The van der Waals surface area contributed by atoms with E-state index in [-0.39, 0.29) is 5.91 Å². The van der Waals surface area contributed by atoms with Crippen molar-refractivity contribution in [3.05, 3.63) is 23.8 Å². The highest BCUT2D eigenvalue weighted by atomic mass is 16.5. The minimum absolute atomic E-state index is 0.0749. The second kappa shape index (κ2) is 8.47. The molecule has 2 aliphatic rings. The van der Waals surface area contributed by atoms with Crippen LogP contribution in [0.25, 0.3) is 6.08 Å². The summed E-state index contributed by atoms with van der Waals surface area (Å²) in [5.41, 5.74) is 0.797. The average molecular weight is 359 g/mol. The zero-order chi connectivity index (χ0) is 18.5. The Hall–Kier alpha value is -2.17. The van der Waals surface area contributed by atoms with Gasteiger partial charge in [0.05, 0.1) is 21.3 Å². The van der Waals surface area contributed by atoms with Crippen molar-refractivity contribution >= 4 is 12.0 Å². The van der Waals surface area contributed by atoms with Crippen LogP contribution in [0.15, 0.2) is 18.2 Å². The summed E-state index contributed by atoms with van der Waals surface area (Å²) in [5, 5.41) is 0. The maximum Gasteiger partial charge on any atom is 0.246 e. The number of piperidine rings is 1. The lowest BCUT2D eigenvalue weighted by Gasteiger charge is -2.41. The second-order valence-corrected chi connectivity index (χ2v) is 7.16. The molecule has 1 aromatic carbocycles. The number of hydrogen-bond donors (Lipinski definition) is 0. The molecule has 0 bridgehead atoms. The van der Waals surface area contributed by atoms with Gasteiger partial charge in [-0.3, -0.25) is 4.79 Å². The summed E-state index contributed by atoms with van der Waals surface area (Å²) in [6.07, 6.45) is 9.86. The van der Waals surface area contributed by atoms with Crippen molar-refractivity contribution in [2.75, 3.05) is 34.4 Å². The van der Waals surface area contributed by atoms with Gasteiger partial charge >= 0.3 is 0 Å². The average Bonchev–Trinajstić information content (AvgIpc) is 2.70. The first kappa shape index (κ1) is 18.6. The van der Waals surface area contributed by atoms with Crippen molar-refractivity contribution in [2.24, 2.45) is 11.8 Å². The van der Waals surface area contributed by atoms with Crippen LogP contribution < -0.4 is 14.2 Å². The molecule has 0 radical (unpaired) electrons. The molecule has 0 unspecified atom stereocenters. The molecule has 0 N–H and O–H groups in total. The summed E-state index contributed by atoms with van der Waals surface area (Å²) in [6, 6.07) is 3.60. The summed E-state index contributed by atoms with van der Waals surface area (Å²) < 4.78 is 16.1. The van der Waals surface area contributed by atoms with E-state index in [4.69, 9.17) is 14.2 Å². The van der Waals surface area contributed by atoms with Crippen molar-refractivity contribution < 1.29 is 19.0 Å². The predicted molar refractivity (Wildman–Crippen MR) is 102 cm³/mol. The van der Waals surface area contributed by atoms with Crippen LogP contribution in [0, 0.1) is 11.8 Å². The Balaban J connectivity index is 1.71. The summed E-state index contributed by atoms with van der Waals surface area (Å²) in [5.74, 6) is 3.45. The number of rotatable bonds is 5. The molecule has 1 saturated carbocycles. The number of fused-ring (bicyclic) bond motifs is 1. The van der Waals surface area contributed by atoms with Gasteiger partial charge in [-0.2, -0.15) is 0 Å². The van der Waals surface area contributed by atoms with Gasteiger partial charge in [-0.25, -0.2) is 0 Å². The lowest BCUT2D eigenvalue weighted by molar-refractivity contribution is -0.128. The first-order chi connectivity index (χ1) is 12.7. The molecule has 5 heteroatoms. The van der Waals surface area contributed by atoms with Crippen LogP contribution >= 0.6 is 0 Å². The van der Waals surface area contributed by atoms with E-state index in [0.717, 1.165) is 31.0 Å². The standard InChI is InChI=1S/C21H29NO4/c1-24-18-13-20(26-3)19(25-2)12-16(18)8-9-21(23)22-11-10-15-6-4-5-7-17(15)14-22/h8-9,12-13,15,17H,4-7,10-11,14H2,1-3H3/b9-8+/t15-,17-/m1/s1. The van der Waals surface area contributed by atoms with E-state index < -0.39 is 0 Å². The van der Waals surface area contributed by atoms with E-state index in [2.05, 4.69) is 0 Å². The molecule has 1 amide bonds. The van der Waals surface area contributed by atoms with Crippen molar-refractivity contribution in [2.45, 2.75) is 32.1 Å². The third-order valence-corrected chi connectivity index (χ3v) is 5.74. The topological polar surface area (TPSA) is 48.0 Å². The zero-order valence-electron chi connectivity index (χ0n) is 16.0. The number of likely N-dealkylation sites (tertiary alicyclic amines) is 1. The smallest absolute Gasteiger partial charge is 0.246 e. The van der Waals surface area contributed by atoms with Gasteiger partial charge in [-0.1, -0.05) is 19.3 Å². The fourth-order valence-electron chi connectivity index (χ4n) is 4.25. The van der Waals surface area contributed by atoms with Gasteiger partial charge in [0.1, 0.15) is 5.75 Å². The molecule has 1 aromatic rings. The third kappa shape index (κ3) is 3.97. The van der Waals surface area contributed by atoms with E-state index in [1.54, 1.807) is 39.5 Å². The Morgan fingerprint density at radius 3 is 2.31 bits per heavy atom. The van der Waals surface area contributed by atoms with Crippen molar-refractivity contribution in [3.63, 3.8) is 0 Å². The number of benzene rings is 1. The summed E-state index contributed by atoms with van der Waals surface area (Å²) in [4.78, 5) is 14.7. The van der Waals surface area contributed by atoms with E-state index >= 15 is 0 Å².